The van der Waals surface area contributed by atoms with E-state index >= 15 is 0 Å². The normalized spacial score (nSPS) is 24.2. The molecule has 1 saturated heterocycles. The number of rotatable bonds is 12. The van der Waals surface area contributed by atoms with Crippen molar-refractivity contribution in [1.82, 2.24) is 0 Å². The van der Waals surface area contributed by atoms with Crippen molar-refractivity contribution in [3.05, 3.63) is 64.2 Å². The molecule has 0 amide bonds. The maximum Gasteiger partial charge on any atom is 0.184 e. The molecule has 11 heteroatoms. The lowest BCUT2D eigenvalue weighted by molar-refractivity contribution is -0.216. The van der Waals surface area contributed by atoms with Gasteiger partial charge in [-0.05, 0) is 120 Å². The zero-order valence-electron chi connectivity index (χ0n) is 27.7. The van der Waals surface area contributed by atoms with Gasteiger partial charge in [-0.1, -0.05) is 35.9 Å². The highest BCUT2D eigenvalue weighted by Gasteiger charge is 2.52. The van der Waals surface area contributed by atoms with E-state index < -0.39 is 33.3 Å². The van der Waals surface area contributed by atoms with E-state index in [-0.39, 0.29) is 36.3 Å². The standard InChI is InChI=1S/C31H53ClO6Si4/c1-39(2,3)34-21-27-29(36-40(4,5)6)31(38-42(10,11)12)30(37-41(7,8)9)28(35-27)23-15-18-26(32)24(20-23)19-22-13-16-25(33)17-14-22/h13-18,20,27-31,33H,19,21H2,1-12H3/t27-,28+,29-,30+,31+/m1/s1. The Morgan fingerprint density at radius 1 is 0.690 bits per heavy atom. The summed E-state index contributed by atoms with van der Waals surface area (Å²) in [5, 5.41) is 10.4. The van der Waals surface area contributed by atoms with Gasteiger partial charge in [-0.15, -0.1) is 0 Å². The van der Waals surface area contributed by atoms with Crippen LogP contribution >= 0.6 is 11.6 Å². The summed E-state index contributed by atoms with van der Waals surface area (Å²) in [6.07, 6.45) is -1.02. The Labute approximate surface area is 263 Å². The van der Waals surface area contributed by atoms with Gasteiger partial charge in [0, 0.05) is 5.02 Å². The van der Waals surface area contributed by atoms with E-state index in [4.69, 9.17) is 34.0 Å². The van der Waals surface area contributed by atoms with Gasteiger partial charge in [0.05, 0.1) is 6.61 Å². The molecule has 0 aliphatic carbocycles. The Morgan fingerprint density at radius 3 is 1.74 bits per heavy atom. The zero-order valence-corrected chi connectivity index (χ0v) is 32.5. The summed E-state index contributed by atoms with van der Waals surface area (Å²) < 4.78 is 34.5. The summed E-state index contributed by atoms with van der Waals surface area (Å²) >= 11 is 6.73. The van der Waals surface area contributed by atoms with Gasteiger partial charge in [0.15, 0.2) is 33.3 Å². The van der Waals surface area contributed by atoms with Crippen molar-refractivity contribution in [1.29, 1.82) is 0 Å². The van der Waals surface area contributed by atoms with Crippen molar-refractivity contribution in [3.8, 4) is 5.75 Å². The van der Waals surface area contributed by atoms with Gasteiger partial charge in [0.2, 0.25) is 0 Å². The summed E-state index contributed by atoms with van der Waals surface area (Å²) in [7, 11) is -7.92. The van der Waals surface area contributed by atoms with Crippen LogP contribution < -0.4 is 0 Å². The van der Waals surface area contributed by atoms with E-state index in [2.05, 4.69) is 90.7 Å². The van der Waals surface area contributed by atoms with E-state index in [1.165, 1.54) is 0 Å². The van der Waals surface area contributed by atoms with Crippen LogP contribution in [-0.2, 0) is 28.9 Å². The highest BCUT2D eigenvalue weighted by molar-refractivity contribution is 6.71. The molecule has 5 atom stereocenters. The van der Waals surface area contributed by atoms with Crippen LogP contribution in [0.2, 0.25) is 83.6 Å². The Bertz CT molecular complexity index is 1170. The number of benzene rings is 2. The first-order valence-corrected chi connectivity index (χ1v) is 29.0. The summed E-state index contributed by atoms with van der Waals surface area (Å²) in [5.74, 6) is 0.246. The third-order valence-corrected chi connectivity index (χ3v) is 10.9. The van der Waals surface area contributed by atoms with Crippen LogP contribution in [0.1, 0.15) is 22.8 Å². The maximum atomic E-state index is 9.75. The Kier molecular flexibility index (Phi) is 11.6. The van der Waals surface area contributed by atoms with Crippen LogP contribution in [0.25, 0.3) is 0 Å². The predicted octanol–water partition coefficient (Wildman–Crippen LogP) is 8.59. The third-order valence-electron chi connectivity index (χ3n) is 6.51. The second-order valence-electron chi connectivity index (χ2n) is 15.3. The summed E-state index contributed by atoms with van der Waals surface area (Å²) in [5.41, 5.74) is 3.06. The second kappa shape index (κ2) is 13.7. The molecule has 1 aliphatic rings. The lowest BCUT2D eigenvalue weighted by atomic mass is 9.90. The number of hydrogen-bond acceptors (Lipinski definition) is 6. The van der Waals surface area contributed by atoms with Crippen molar-refractivity contribution in [3.63, 3.8) is 0 Å². The maximum absolute atomic E-state index is 9.75. The fourth-order valence-electron chi connectivity index (χ4n) is 5.02. The summed E-state index contributed by atoms with van der Waals surface area (Å²) in [4.78, 5) is 0. The Balaban J connectivity index is 2.13. The second-order valence-corrected chi connectivity index (χ2v) is 33.6. The van der Waals surface area contributed by atoms with Crippen LogP contribution in [0.3, 0.4) is 0 Å². The van der Waals surface area contributed by atoms with Gasteiger partial charge >= 0.3 is 0 Å². The van der Waals surface area contributed by atoms with Gasteiger partial charge < -0.3 is 27.5 Å². The number of halogens is 1. The molecule has 3 rings (SSSR count). The molecule has 1 heterocycles. The predicted molar refractivity (Wildman–Crippen MR) is 184 cm³/mol. The number of ether oxygens (including phenoxy) is 1. The van der Waals surface area contributed by atoms with Crippen LogP contribution in [0, 0.1) is 0 Å². The fourth-order valence-corrected chi connectivity index (χ4v) is 9.13. The van der Waals surface area contributed by atoms with Crippen molar-refractivity contribution in [2.24, 2.45) is 0 Å². The van der Waals surface area contributed by atoms with Gasteiger partial charge in [0.25, 0.3) is 0 Å². The Morgan fingerprint density at radius 2 is 1.21 bits per heavy atom. The quantitative estimate of drug-likeness (QED) is 0.229. The molecule has 1 N–H and O–H groups in total. The molecular weight excluding hydrogens is 616 g/mol. The van der Waals surface area contributed by atoms with E-state index in [0.717, 1.165) is 16.7 Å². The molecule has 236 valence electrons. The van der Waals surface area contributed by atoms with Crippen LogP contribution in [0.15, 0.2) is 42.5 Å². The molecule has 2 aromatic carbocycles. The topological polar surface area (TPSA) is 66.4 Å². The van der Waals surface area contributed by atoms with E-state index in [0.29, 0.717) is 18.1 Å². The molecule has 0 saturated carbocycles. The summed E-state index contributed by atoms with van der Waals surface area (Å²) in [6, 6.07) is 13.4. The van der Waals surface area contributed by atoms with E-state index in [9.17, 15) is 5.11 Å². The number of hydrogen-bond donors (Lipinski definition) is 1. The smallest absolute Gasteiger partial charge is 0.184 e. The molecular formula is C31H53ClO6Si4. The first-order valence-electron chi connectivity index (χ1n) is 15.0. The van der Waals surface area contributed by atoms with Gasteiger partial charge in [-0.3, -0.25) is 0 Å². The minimum atomic E-state index is -2.05. The SMILES string of the molecule is C[Si](C)(C)OC[C@H]1O[C@@H](c2ccc(Cl)c(Cc3ccc(O)cc3)c2)[C@H](O[Si](C)(C)C)[C@@H](O[Si](C)(C)C)[C@@H]1O[Si](C)(C)C. The Hall–Kier alpha value is -0.802. The molecule has 2 aromatic rings. The molecule has 0 unspecified atom stereocenters. The average Bonchev–Trinajstić information content (AvgIpc) is 2.80. The number of phenolic OH excluding ortho intramolecular Hbond substituents is 1. The molecule has 0 aromatic heterocycles. The third kappa shape index (κ3) is 11.3. The molecule has 0 radical (unpaired) electrons. The van der Waals surface area contributed by atoms with Crippen LogP contribution in [0.5, 0.6) is 5.75 Å². The first kappa shape index (κ1) is 35.7. The first-order chi connectivity index (χ1) is 19.1. The van der Waals surface area contributed by atoms with Crippen molar-refractivity contribution in [2.75, 3.05) is 6.61 Å². The molecule has 42 heavy (non-hydrogen) atoms. The van der Waals surface area contributed by atoms with Crippen molar-refractivity contribution < 1.29 is 27.5 Å². The molecule has 0 bridgehead atoms. The number of phenols is 1. The highest BCUT2D eigenvalue weighted by Crippen LogP contribution is 2.41. The molecule has 0 spiro atoms. The minimum absolute atomic E-state index is 0.246. The van der Waals surface area contributed by atoms with Gasteiger partial charge in [-0.25, -0.2) is 0 Å². The van der Waals surface area contributed by atoms with Gasteiger partial charge in [0.1, 0.15) is 36.3 Å². The molecule has 6 nitrogen and oxygen atoms in total. The molecule has 1 fully saturated rings. The number of aromatic hydroxyl groups is 1. The lowest BCUT2D eigenvalue weighted by Crippen LogP contribution is -2.63. The molecule has 1 aliphatic heterocycles. The monoisotopic (exact) mass is 668 g/mol. The average molecular weight is 670 g/mol. The highest BCUT2D eigenvalue weighted by atomic mass is 35.5. The van der Waals surface area contributed by atoms with E-state index in [1.54, 1.807) is 12.1 Å². The van der Waals surface area contributed by atoms with Gasteiger partial charge in [-0.2, -0.15) is 0 Å². The minimum Gasteiger partial charge on any atom is -0.508 e. The van der Waals surface area contributed by atoms with E-state index in [1.807, 2.05) is 18.2 Å². The zero-order chi connectivity index (χ0) is 31.7. The lowest BCUT2D eigenvalue weighted by Gasteiger charge is -2.51. The van der Waals surface area contributed by atoms with Crippen molar-refractivity contribution in [2.45, 2.75) is 116 Å². The summed E-state index contributed by atoms with van der Waals surface area (Å²) in [6.45, 7) is 27.0. The fraction of sp³-hybridized carbons (Fsp3) is 0.613. The largest absolute Gasteiger partial charge is 0.508 e. The van der Waals surface area contributed by atoms with Crippen molar-refractivity contribution >= 4 is 44.9 Å². The van der Waals surface area contributed by atoms with Crippen LogP contribution in [-0.4, -0.2) is 69.4 Å². The van der Waals surface area contributed by atoms with Crippen LogP contribution in [0.4, 0.5) is 0 Å².